The highest BCUT2D eigenvalue weighted by Gasteiger charge is 2.38. The summed E-state index contributed by atoms with van der Waals surface area (Å²) in [5.74, 6) is 0. The molecular formula is C6H13NO3. The molecule has 0 unspecified atom stereocenters. The van der Waals surface area contributed by atoms with Gasteiger partial charge in [-0.15, -0.1) is 0 Å². The molecule has 4 N–H and O–H groups in total. The minimum Gasteiger partial charge on any atom is -0.394 e. The summed E-state index contributed by atoms with van der Waals surface area (Å²) < 4.78 is 5.11. The molecule has 0 spiro atoms. The number of rotatable bonds is 1. The molecule has 1 aliphatic heterocycles. The van der Waals surface area contributed by atoms with Gasteiger partial charge in [0, 0.05) is 0 Å². The van der Waals surface area contributed by atoms with Crippen molar-refractivity contribution in [2.24, 2.45) is 5.73 Å². The van der Waals surface area contributed by atoms with Crippen molar-refractivity contribution in [2.75, 3.05) is 6.61 Å². The second-order valence-electron chi connectivity index (χ2n) is 2.63. The highest BCUT2D eigenvalue weighted by atomic mass is 16.5. The fraction of sp³-hybridized carbons (Fsp3) is 1.00. The van der Waals surface area contributed by atoms with Gasteiger partial charge in [0.05, 0.1) is 31.0 Å². The summed E-state index contributed by atoms with van der Waals surface area (Å²) in [6.45, 7) is 1.61. The standard InChI is InChI=1S/C6H13NO3/c1-3-6(9)5(7)4(2-8)10-3/h3-6,8-9H,2,7H2,1H3/t3-,4+,5+,6-/m0/s1. The van der Waals surface area contributed by atoms with Gasteiger partial charge in [-0.1, -0.05) is 0 Å². The fourth-order valence-corrected chi connectivity index (χ4v) is 1.14. The van der Waals surface area contributed by atoms with Crippen LogP contribution in [0.15, 0.2) is 0 Å². The van der Waals surface area contributed by atoms with Crippen molar-refractivity contribution in [2.45, 2.75) is 31.3 Å². The predicted octanol–water partition coefficient (Wildman–Crippen LogP) is -1.55. The molecule has 0 aromatic carbocycles. The molecule has 0 saturated carbocycles. The third kappa shape index (κ3) is 1.15. The van der Waals surface area contributed by atoms with Crippen molar-refractivity contribution in [3.63, 3.8) is 0 Å². The van der Waals surface area contributed by atoms with Crippen molar-refractivity contribution in [1.82, 2.24) is 0 Å². The summed E-state index contributed by atoms with van der Waals surface area (Å²) in [6, 6.07) is -0.444. The van der Waals surface area contributed by atoms with E-state index in [0.29, 0.717) is 0 Å². The molecular weight excluding hydrogens is 134 g/mol. The Hall–Kier alpha value is -0.160. The second kappa shape index (κ2) is 2.84. The zero-order chi connectivity index (χ0) is 7.72. The Kier molecular flexibility index (Phi) is 2.25. The molecule has 1 heterocycles. The summed E-state index contributed by atoms with van der Waals surface area (Å²) in [4.78, 5) is 0. The largest absolute Gasteiger partial charge is 0.394 e. The maximum Gasteiger partial charge on any atom is 0.0987 e. The van der Waals surface area contributed by atoms with E-state index < -0.39 is 18.2 Å². The van der Waals surface area contributed by atoms with Crippen LogP contribution < -0.4 is 5.73 Å². The van der Waals surface area contributed by atoms with Gasteiger partial charge in [-0.05, 0) is 6.92 Å². The highest BCUT2D eigenvalue weighted by molar-refractivity contribution is 4.90. The Labute approximate surface area is 59.6 Å². The molecule has 0 aromatic rings. The minimum atomic E-state index is -0.642. The maximum atomic E-state index is 9.21. The van der Waals surface area contributed by atoms with Crippen LogP contribution in [-0.2, 0) is 4.74 Å². The first-order chi connectivity index (χ1) is 4.66. The summed E-state index contributed by atoms with van der Waals surface area (Å²) in [6.07, 6.45) is -1.30. The molecule has 0 aromatic heterocycles. The Morgan fingerprint density at radius 1 is 1.60 bits per heavy atom. The number of ether oxygens (including phenoxy) is 1. The maximum absolute atomic E-state index is 9.21. The Balaban J connectivity index is 2.53. The lowest BCUT2D eigenvalue weighted by molar-refractivity contribution is -0.000140. The highest BCUT2D eigenvalue weighted by Crippen LogP contribution is 2.18. The van der Waals surface area contributed by atoms with Gasteiger partial charge in [0.15, 0.2) is 0 Å². The predicted molar refractivity (Wildman–Crippen MR) is 35.4 cm³/mol. The molecule has 0 aliphatic carbocycles. The molecule has 0 radical (unpaired) electrons. The summed E-state index contributed by atoms with van der Waals surface area (Å²) in [5.41, 5.74) is 5.49. The van der Waals surface area contributed by atoms with Crippen molar-refractivity contribution in [3.8, 4) is 0 Å². The minimum absolute atomic E-state index is 0.122. The van der Waals surface area contributed by atoms with Crippen LogP contribution in [0.25, 0.3) is 0 Å². The van der Waals surface area contributed by atoms with E-state index in [0.717, 1.165) is 0 Å². The lowest BCUT2D eigenvalue weighted by atomic mass is 10.1. The van der Waals surface area contributed by atoms with E-state index in [4.69, 9.17) is 15.6 Å². The number of hydrogen-bond donors (Lipinski definition) is 3. The van der Waals surface area contributed by atoms with Gasteiger partial charge in [-0.25, -0.2) is 0 Å². The molecule has 1 aliphatic rings. The van der Waals surface area contributed by atoms with Crippen LogP contribution >= 0.6 is 0 Å². The van der Waals surface area contributed by atoms with Crippen LogP contribution in [0, 0.1) is 0 Å². The second-order valence-corrected chi connectivity index (χ2v) is 2.63. The quantitative estimate of drug-likeness (QED) is 0.420. The average Bonchev–Trinajstić information content (AvgIpc) is 2.17. The van der Waals surface area contributed by atoms with E-state index in [1.54, 1.807) is 6.92 Å². The third-order valence-corrected chi connectivity index (χ3v) is 1.87. The van der Waals surface area contributed by atoms with Gasteiger partial charge in [-0.3, -0.25) is 0 Å². The first kappa shape index (κ1) is 7.94. The van der Waals surface area contributed by atoms with Gasteiger partial charge < -0.3 is 20.7 Å². The van der Waals surface area contributed by atoms with Gasteiger partial charge in [0.25, 0.3) is 0 Å². The van der Waals surface area contributed by atoms with Crippen LogP contribution in [0.5, 0.6) is 0 Å². The molecule has 60 valence electrons. The van der Waals surface area contributed by atoms with Crippen molar-refractivity contribution >= 4 is 0 Å². The smallest absolute Gasteiger partial charge is 0.0987 e. The van der Waals surface area contributed by atoms with E-state index in [2.05, 4.69) is 0 Å². The number of hydrogen-bond acceptors (Lipinski definition) is 4. The van der Waals surface area contributed by atoms with Gasteiger partial charge >= 0.3 is 0 Å². The molecule has 0 bridgehead atoms. The van der Waals surface area contributed by atoms with Gasteiger partial charge in [0.1, 0.15) is 0 Å². The monoisotopic (exact) mass is 147 g/mol. The summed E-state index contributed by atoms with van der Waals surface area (Å²) in [7, 11) is 0. The van der Waals surface area contributed by atoms with Crippen molar-refractivity contribution in [3.05, 3.63) is 0 Å². The van der Waals surface area contributed by atoms with E-state index in [-0.39, 0.29) is 12.7 Å². The molecule has 10 heavy (non-hydrogen) atoms. The van der Waals surface area contributed by atoms with Crippen molar-refractivity contribution < 1.29 is 14.9 Å². The van der Waals surface area contributed by atoms with Crippen LogP contribution in [0.3, 0.4) is 0 Å². The SMILES string of the molecule is C[C@@H]1O[C@H](CO)[C@@H](N)[C@H]1O. The third-order valence-electron chi connectivity index (χ3n) is 1.87. The first-order valence-corrected chi connectivity index (χ1v) is 3.36. The molecule has 1 saturated heterocycles. The van der Waals surface area contributed by atoms with Gasteiger partial charge in [-0.2, -0.15) is 0 Å². The molecule has 1 fully saturated rings. The van der Waals surface area contributed by atoms with Crippen LogP contribution in [0.4, 0.5) is 0 Å². The summed E-state index contributed by atoms with van der Waals surface area (Å²) in [5, 5.41) is 17.9. The molecule has 1 rings (SSSR count). The lowest BCUT2D eigenvalue weighted by Gasteiger charge is -2.11. The molecule has 0 amide bonds. The van der Waals surface area contributed by atoms with E-state index in [1.807, 2.05) is 0 Å². The average molecular weight is 147 g/mol. The van der Waals surface area contributed by atoms with Gasteiger partial charge in [0.2, 0.25) is 0 Å². The number of aliphatic hydroxyl groups is 2. The van der Waals surface area contributed by atoms with E-state index >= 15 is 0 Å². The topological polar surface area (TPSA) is 75.7 Å². The Morgan fingerprint density at radius 3 is 2.40 bits per heavy atom. The number of nitrogens with two attached hydrogens (primary N) is 1. The van der Waals surface area contributed by atoms with Crippen LogP contribution in [-0.4, -0.2) is 41.2 Å². The fourth-order valence-electron chi connectivity index (χ4n) is 1.14. The lowest BCUT2D eigenvalue weighted by Crippen LogP contribution is -2.41. The zero-order valence-electron chi connectivity index (χ0n) is 5.90. The molecule has 4 heteroatoms. The molecule has 4 atom stereocenters. The first-order valence-electron chi connectivity index (χ1n) is 3.36. The Morgan fingerprint density at radius 2 is 2.20 bits per heavy atom. The van der Waals surface area contributed by atoms with E-state index in [9.17, 15) is 5.11 Å². The zero-order valence-corrected chi connectivity index (χ0v) is 5.90. The van der Waals surface area contributed by atoms with Crippen LogP contribution in [0.2, 0.25) is 0 Å². The Bertz CT molecular complexity index is 120. The normalized spacial score (nSPS) is 48.0. The molecule has 4 nitrogen and oxygen atoms in total. The van der Waals surface area contributed by atoms with Crippen molar-refractivity contribution in [1.29, 1.82) is 0 Å². The number of aliphatic hydroxyl groups excluding tert-OH is 2. The summed E-state index contributed by atoms with van der Waals surface area (Å²) >= 11 is 0. The van der Waals surface area contributed by atoms with Crippen LogP contribution in [0.1, 0.15) is 6.92 Å². The van der Waals surface area contributed by atoms with E-state index in [1.165, 1.54) is 0 Å².